The molecule has 2 N–H and O–H groups in total. The van der Waals surface area contributed by atoms with Crippen LogP contribution in [-0.4, -0.2) is 17.4 Å². The van der Waals surface area contributed by atoms with Crippen LogP contribution >= 0.6 is 15.9 Å². The van der Waals surface area contributed by atoms with Gasteiger partial charge in [-0.1, -0.05) is 28.1 Å². The molecule has 0 radical (unpaired) electrons. The number of fused-ring (bicyclic) bond motifs is 1. The number of benzene rings is 2. The summed E-state index contributed by atoms with van der Waals surface area (Å²) < 4.78 is 6.60. The quantitative estimate of drug-likeness (QED) is 0.767. The molecule has 1 aliphatic rings. The Balaban J connectivity index is 1.69. The van der Waals surface area contributed by atoms with Gasteiger partial charge in [-0.05, 0) is 54.8 Å². The first-order valence-electron chi connectivity index (χ1n) is 8.23. The zero-order valence-corrected chi connectivity index (χ0v) is 15.9. The maximum Gasteiger partial charge on any atom is 0.161 e. The van der Waals surface area contributed by atoms with Crippen LogP contribution in [0.2, 0.25) is 0 Å². The maximum absolute atomic E-state index is 10.1. The van der Waals surface area contributed by atoms with Crippen molar-refractivity contribution in [3.8, 4) is 11.5 Å². The summed E-state index contributed by atoms with van der Waals surface area (Å²) in [5.41, 5.74) is 4.42. The first kappa shape index (κ1) is 17.5. The Morgan fingerprint density at radius 3 is 2.88 bits per heavy atom. The fourth-order valence-corrected chi connectivity index (χ4v) is 3.05. The van der Waals surface area contributed by atoms with Crippen LogP contribution in [0.15, 0.2) is 52.1 Å². The Hall–Kier alpha value is -2.27. The number of phenolic OH excluding ortho intramolecular Hbond substituents is 1. The van der Waals surface area contributed by atoms with Crippen LogP contribution in [0.25, 0.3) is 5.57 Å². The van der Waals surface area contributed by atoms with Gasteiger partial charge in [0.2, 0.25) is 0 Å². The summed E-state index contributed by atoms with van der Waals surface area (Å²) in [6.07, 6.45) is 3.88. The number of phenols is 1. The first-order chi connectivity index (χ1) is 12.0. The summed E-state index contributed by atoms with van der Waals surface area (Å²) in [6.45, 7) is 5.19. The Kier molecular flexibility index (Phi) is 5.43. The number of halogens is 1. The highest BCUT2D eigenvalue weighted by Gasteiger charge is 2.11. The van der Waals surface area contributed by atoms with E-state index in [1.807, 2.05) is 38.4 Å². The molecule has 4 nitrogen and oxygen atoms in total. The number of allylic oxidation sites excluding steroid dienone is 1. The van der Waals surface area contributed by atoms with Gasteiger partial charge in [0.1, 0.15) is 0 Å². The highest BCUT2D eigenvalue weighted by molar-refractivity contribution is 9.10. The first-order valence-corrected chi connectivity index (χ1v) is 9.03. The fourth-order valence-electron chi connectivity index (χ4n) is 2.69. The van der Waals surface area contributed by atoms with E-state index in [1.165, 1.54) is 11.1 Å². The van der Waals surface area contributed by atoms with E-state index < -0.39 is 0 Å². The van der Waals surface area contributed by atoms with Crippen LogP contribution in [0.1, 0.15) is 30.5 Å². The van der Waals surface area contributed by atoms with Crippen molar-refractivity contribution in [3.05, 3.63) is 63.8 Å². The summed E-state index contributed by atoms with van der Waals surface area (Å²) in [6, 6.07) is 11.7. The number of nitrogens with zero attached hydrogens (tertiary/aromatic N) is 1. The average molecular weight is 401 g/mol. The molecule has 0 amide bonds. The molecule has 0 saturated heterocycles. The van der Waals surface area contributed by atoms with Crippen molar-refractivity contribution in [2.45, 2.75) is 33.0 Å². The normalized spacial score (nSPS) is 14.6. The molecule has 0 atom stereocenters. The van der Waals surface area contributed by atoms with Crippen molar-refractivity contribution in [2.75, 3.05) is 0 Å². The molecule has 0 fully saturated rings. The van der Waals surface area contributed by atoms with E-state index >= 15 is 0 Å². The minimum absolute atomic E-state index is 0.0320. The van der Waals surface area contributed by atoms with Gasteiger partial charge < -0.3 is 15.2 Å². The van der Waals surface area contributed by atoms with Crippen LogP contribution in [0.3, 0.4) is 0 Å². The lowest BCUT2D eigenvalue weighted by atomic mass is 9.99. The second-order valence-corrected chi connectivity index (χ2v) is 7.14. The standard InChI is InChI=1S/C20H21BrN2O2/c1-13(2)25-20-6-3-14(7-19(20)24)9-22-11-16-12-23-10-15-4-5-17(21)8-18(15)16/h3-8,11-13,22,24H,9-10H2,1-2H3/b16-11+. The van der Waals surface area contributed by atoms with Crippen LogP contribution in [0.5, 0.6) is 11.5 Å². The van der Waals surface area contributed by atoms with E-state index in [0.717, 1.165) is 15.6 Å². The van der Waals surface area contributed by atoms with Crippen LogP contribution < -0.4 is 10.1 Å². The summed E-state index contributed by atoms with van der Waals surface area (Å²) in [4.78, 5) is 4.40. The summed E-state index contributed by atoms with van der Waals surface area (Å²) in [5, 5.41) is 13.4. The highest BCUT2D eigenvalue weighted by atomic mass is 79.9. The summed E-state index contributed by atoms with van der Waals surface area (Å²) in [7, 11) is 0. The molecule has 0 spiro atoms. The SMILES string of the molecule is CC(C)Oc1ccc(CN/C=C2\C=NCc3ccc(Br)cc32)cc1O. The Morgan fingerprint density at radius 1 is 1.28 bits per heavy atom. The van der Waals surface area contributed by atoms with Gasteiger partial charge in [-0.25, -0.2) is 0 Å². The predicted molar refractivity (Wildman–Crippen MR) is 105 cm³/mol. The van der Waals surface area contributed by atoms with Gasteiger partial charge in [-0.2, -0.15) is 0 Å². The second kappa shape index (κ2) is 7.74. The second-order valence-electron chi connectivity index (χ2n) is 6.22. The predicted octanol–water partition coefficient (Wildman–Crippen LogP) is 4.66. The molecular formula is C20H21BrN2O2. The van der Waals surface area contributed by atoms with E-state index in [2.05, 4.69) is 38.4 Å². The third kappa shape index (κ3) is 4.42. The highest BCUT2D eigenvalue weighted by Crippen LogP contribution is 2.28. The molecule has 25 heavy (non-hydrogen) atoms. The zero-order chi connectivity index (χ0) is 17.8. The molecule has 0 aromatic heterocycles. The largest absolute Gasteiger partial charge is 0.504 e. The summed E-state index contributed by atoms with van der Waals surface area (Å²) >= 11 is 3.52. The number of aliphatic imine (C=N–C) groups is 1. The van der Waals surface area contributed by atoms with Gasteiger partial charge in [-0.3, -0.25) is 4.99 Å². The number of rotatable bonds is 5. The molecule has 2 aromatic rings. The number of nitrogens with one attached hydrogen (secondary N) is 1. The number of hydrogen-bond acceptors (Lipinski definition) is 4. The van der Waals surface area contributed by atoms with E-state index in [9.17, 15) is 5.11 Å². The Bertz CT molecular complexity index is 828. The topological polar surface area (TPSA) is 53.8 Å². The molecule has 2 aromatic carbocycles. The minimum atomic E-state index is 0.0320. The third-order valence-corrected chi connectivity index (χ3v) is 4.32. The maximum atomic E-state index is 10.1. The third-order valence-electron chi connectivity index (χ3n) is 3.82. The van der Waals surface area contributed by atoms with Crippen molar-refractivity contribution < 1.29 is 9.84 Å². The van der Waals surface area contributed by atoms with E-state index in [1.54, 1.807) is 12.1 Å². The number of ether oxygens (including phenoxy) is 1. The van der Waals surface area contributed by atoms with Gasteiger partial charge >= 0.3 is 0 Å². The molecule has 1 heterocycles. The fraction of sp³-hybridized carbons (Fsp3) is 0.250. The number of aromatic hydroxyl groups is 1. The molecule has 5 heteroatoms. The van der Waals surface area contributed by atoms with Gasteiger partial charge in [0, 0.05) is 29.0 Å². The number of hydrogen-bond donors (Lipinski definition) is 2. The lowest BCUT2D eigenvalue weighted by Crippen LogP contribution is -2.09. The Morgan fingerprint density at radius 2 is 2.12 bits per heavy atom. The van der Waals surface area contributed by atoms with Crippen LogP contribution in [-0.2, 0) is 13.1 Å². The van der Waals surface area contributed by atoms with E-state index in [-0.39, 0.29) is 11.9 Å². The lowest BCUT2D eigenvalue weighted by Gasteiger charge is -2.15. The van der Waals surface area contributed by atoms with Crippen molar-refractivity contribution in [3.63, 3.8) is 0 Å². The van der Waals surface area contributed by atoms with Crippen molar-refractivity contribution in [1.29, 1.82) is 0 Å². The lowest BCUT2D eigenvalue weighted by molar-refractivity contribution is 0.232. The Labute approximate surface area is 156 Å². The van der Waals surface area contributed by atoms with E-state index in [0.29, 0.717) is 18.8 Å². The van der Waals surface area contributed by atoms with E-state index in [4.69, 9.17) is 4.74 Å². The zero-order valence-electron chi connectivity index (χ0n) is 14.3. The molecule has 0 aliphatic carbocycles. The molecular weight excluding hydrogens is 380 g/mol. The van der Waals surface area contributed by atoms with Crippen molar-refractivity contribution in [1.82, 2.24) is 5.32 Å². The molecule has 0 saturated carbocycles. The van der Waals surface area contributed by atoms with Crippen molar-refractivity contribution in [2.24, 2.45) is 4.99 Å². The van der Waals surface area contributed by atoms with Crippen LogP contribution in [0.4, 0.5) is 0 Å². The van der Waals surface area contributed by atoms with Crippen LogP contribution in [0, 0.1) is 0 Å². The van der Waals surface area contributed by atoms with Gasteiger partial charge in [0.05, 0.1) is 12.6 Å². The van der Waals surface area contributed by atoms with Gasteiger partial charge in [0.25, 0.3) is 0 Å². The van der Waals surface area contributed by atoms with Crippen molar-refractivity contribution >= 4 is 27.7 Å². The molecule has 0 unspecified atom stereocenters. The monoisotopic (exact) mass is 400 g/mol. The molecule has 130 valence electrons. The average Bonchev–Trinajstić information content (AvgIpc) is 2.57. The molecule has 0 bridgehead atoms. The summed E-state index contributed by atoms with van der Waals surface area (Å²) in [5.74, 6) is 0.671. The molecule has 1 aliphatic heterocycles. The minimum Gasteiger partial charge on any atom is -0.504 e. The molecule has 3 rings (SSSR count). The van der Waals surface area contributed by atoms with Gasteiger partial charge in [0.15, 0.2) is 11.5 Å². The van der Waals surface area contributed by atoms with Gasteiger partial charge in [-0.15, -0.1) is 0 Å². The smallest absolute Gasteiger partial charge is 0.161 e.